The summed E-state index contributed by atoms with van der Waals surface area (Å²) in [6.07, 6.45) is 0. The lowest BCUT2D eigenvalue weighted by atomic mass is 10.2. The van der Waals surface area contributed by atoms with Gasteiger partial charge in [0.25, 0.3) is 5.91 Å². The van der Waals surface area contributed by atoms with Gasteiger partial charge >= 0.3 is 0 Å². The number of fused-ring (bicyclic) bond motifs is 1. The van der Waals surface area contributed by atoms with Gasteiger partial charge in [-0.1, -0.05) is 0 Å². The van der Waals surface area contributed by atoms with Crippen LogP contribution >= 0.6 is 11.3 Å². The molecule has 0 aliphatic carbocycles. The van der Waals surface area contributed by atoms with E-state index in [1.807, 2.05) is 13.0 Å². The molecular formula is C20H16FN3O2S. The van der Waals surface area contributed by atoms with E-state index in [0.717, 1.165) is 27.3 Å². The summed E-state index contributed by atoms with van der Waals surface area (Å²) in [6.45, 7) is 1.89. The number of thiophene rings is 1. The van der Waals surface area contributed by atoms with Crippen LogP contribution in [-0.2, 0) is 0 Å². The van der Waals surface area contributed by atoms with Gasteiger partial charge in [-0.15, -0.1) is 11.3 Å². The summed E-state index contributed by atoms with van der Waals surface area (Å²) < 4.78 is 20.1. The number of amides is 1. The highest BCUT2D eigenvalue weighted by Gasteiger charge is 2.17. The number of benzene rings is 2. The van der Waals surface area contributed by atoms with Gasteiger partial charge in [0.2, 0.25) is 0 Å². The molecule has 0 bridgehead atoms. The molecule has 0 saturated heterocycles. The summed E-state index contributed by atoms with van der Waals surface area (Å²) in [5.41, 5.74) is 2.25. The van der Waals surface area contributed by atoms with Crippen molar-refractivity contribution in [3.8, 4) is 11.4 Å². The number of ether oxygens (including phenoxy) is 1. The zero-order chi connectivity index (χ0) is 19.0. The monoisotopic (exact) mass is 381 g/mol. The Morgan fingerprint density at radius 2 is 1.85 bits per heavy atom. The van der Waals surface area contributed by atoms with Crippen LogP contribution in [0.4, 0.5) is 10.1 Å². The average Bonchev–Trinajstić information content (AvgIpc) is 3.24. The van der Waals surface area contributed by atoms with E-state index in [2.05, 4.69) is 10.4 Å². The minimum Gasteiger partial charge on any atom is -0.497 e. The maximum absolute atomic E-state index is 13.2. The Balaban J connectivity index is 1.65. The Morgan fingerprint density at radius 3 is 2.52 bits per heavy atom. The van der Waals surface area contributed by atoms with Gasteiger partial charge in [-0.3, -0.25) is 4.79 Å². The first-order chi connectivity index (χ1) is 13.0. The number of hydrogen-bond acceptors (Lipinski definition) is 4. The van der Waals surface area contributed by atoms with Crippen LogP contribution in [0.15, 0.2) is 54.6 Å². The minimum atomic E-state index is -0.301. The highest BCUT2D eigenvalue weighted by Crippen LogP contribution is 2.31. The first-order valence-electron chi connectivity index (χ1n) is 8.25. The minimum absolute atomic E-state index is 0.188. The molecule has 2 aromatic heterocycles. The molecule has 4 aromatic rings. The molecule has 2 heterocycles. The van der Waals surface area contributed by atoms with Gasteiger partial charge in [-0.25, -0.2) is 9.07 Å². The molecule has 7 heteroatoms. The molecule has 0 fully saturated rings. The van der Waals surface area contributed by atoms with E-state index in [-0.39, 0.29) is 11.7 Å². The number of aryl methyl sites for hydroxylation is 1. The Morgan fingerprint density at radius 1 is 1.15 bits per heavy atom. The second-order valence-electron chi connectivity index (χ2n) is 5.99. The Labute approximate surface area is 159 Å². The molecule has 27 heavy (non-hydrogen) atoms. The van der Waals surface area contributed by atoms with Crippen LogP contribution in [0.25, 0.3) is 15.9 Å². The van der Waals surface area contributed by atoms with Crippen molar-refractivity contribution in [2.75, 3.05) is 12.4 Å². The molecule has 0 unspecified atom stereocenters. The van der Waals surface area contributed by atoms with E-state index in [1.54, 1.807) is 48.2 Å². The highest BCUT2D eigenvalue weighted by atomic mass is 32.1. The van der Waals surface area contributed by atoms with E-state index in [9.17, 15) is 9.18 Å². The van der Waals surface area contributed by atoms with Gasteiger partial charge in [0.15, 0.2) is 0 Å². The van der Waals surface area contributed by atoms with E-state index in [4.69, 9.17) is 4.74 Å². The third kappa shape index (κ3) is 3.29. The molecule has 1 N–H and O–H groups in total. The number of carbonyl (C=O) groups is 1. The first kappa shape index (κ1) is 17.2. The van der Waals surface area contributed by atoms with Crippen molar-refractivity contribution >= 4 is 33.1 Å². The van der Waals surface area contributed by atoms with Gasteiger partial charge in [0, 0.05) is 11.1 Å². The van der Waals surface area contributed by atoms with Gasteiger partial charge in [-0.2, -0.15) is 5.10 Å². The standard InChI is InChI=1S/C20H16FN3O2S/c1-12-17-11-18(19(25)22-14-5-9-16(26-2)10-6-14)27-20(17)24(23-12)15-7-3-13(21)4-8-15/h3-11H,1-2H3,(H,22,25). The van der Waals surface area contributed by atoms with Crippen molar-refractivity contribution in [1.82, 2.24) is 9.78 Å². The summed E-state index contributed by atoms with van der Waals surface area (Å²) in [6, 6.07) is 15.1. The zero-order valence-corrected chi connectivity index (χ0v) is 15.5. The number of halogens is 1. The van der Waals surface area contributed by atoms with Crippen LogP contribution in [0.1, 0.15) is 15.4 Å². The number of rotatable bonds is 4. The smallest absolute Gasteiger partial charge is 0.265 e. The van der Waals surface area contributed by atoms with Crippen LogP contribution in [-0.4, -0.2) is 22.8 Å². The van der Waals surface area contributed by atoms with Crippen molar-refractivity contribution in [3.63, 3.8) is 0 Å². The highest BCUT2D eigenvalue weighted by molar-refractivity contribution is 7.20. The molecule has 0 aliphatic heterocycles. The van der Waals surface area contributed by atoms with E-state index in [0.29, 0.717) is 10.6 Å². The number of anilines is 1. The molecule has 2 aromatic carbocycles. The molecule has 0 atom stereocenters. The Kier molecular flexibility index (Phi) is 4.37. The van der Waals surface area contributed by atoms with Gasteiger partial charge in [-0.05, 0) is 61.5 Å². The number of nitrogens with one attached hydrogen (secondary N) is 1. The maximum Gasteiger partial charge on any atom is 0.265 e. The van der Waals surface area contributed by atoms with Crippen LogP contribution in [0.2, 0.25) is 0 Å². The molecular weight excluding hydrogens is 365 g/mol. The number of hydrogen-bond donors (Lipinski definition) is 1. The third-order valence-electron chi connectivity index (χ3n) is 4.19. The molecule has 0 spiro atoms. The van der Waals surface area contributed by atoms with Gasteiger partial charge in [0.05, 0.1) is 23.4 Å². The fourth-order valence-electron chi connectivity index (χ4n) is 2.78. The van der Waals surface area contributed by atoms with Crippen molar-refractivity contribution in [1.29, 1.82) is 0 Å². The number of methoxy groups -OCH3 is 1. The lowest BCUT2D eigenvalue weighted by molar-refractivity contribution is 0.103. The lowest BCUT2D eigenvalue weighted by Gasteiger charge is -2.05. The molecule has 0 saturated carbocycles. The van der Waals surface area contributed by atoms with E-state index in [1.165, 1.54) is 23.5 Å². The predicted octanol–water partition coefficient (Wildman–Crippen LogP) is 4.80. The van der Waals surface area contributed by atoms with Crippen molar-refractivity contribution in [3.05, 3.63) is 71.0 Å². The van der Waals surface area contributed by atoms with Crippen LogP contribution in [0, 0.1) is 12.7 Å². The van der Waals surface area contributed by atoms with Gasteiger partial charge < -0.3 is 10.1 Å². The average molecular weight is 381 g/mol. The topological polar surface area (TPSA) is 56.1 Å². The fourth-order valence-corrected chi connectivity index (χ4v) is 3.86. The number of aromatic nitrogens is 2. The molecule has 5 nitrogen and oxygen atoms in total. The molecule has 0 aliphatic rings. The second-order valence-corrected chi connectivity index (χ2v) is 7.02. The normalized spacial score (nSPS) is 10.9. The predicted molar refractivity (Wildman–Crippen MR) is 105 cm³/mol. The van der Waals surface area contributed by atoms with Crippen molar-refractivity contribution in [2.24, 2.45) is 0 Å². The zero-order valence-electron chi connectivity index (χ0n) is 14.7. The van der Waals surface area contributed by atoms with Crippen molar-refractivity contribution in [2.45, 2.75) is 6.92 Å². The van der Waals surface area contributed by atoms with Gasteiger partial charge in [0.1, 0.15) is 16.4 Å². The number of carbonyl (C=O) groups excluding carboxylic acids is 1. The molecule has 1 amide bonds. The van der Waals surface area contributed by atoms with Crippen LogP contribution in [0.3, 0.4) is 0 Å². The van der Waals surface area contributed by atoms with Crippen LogP contribution in [0.5, 0.6) is 5.75 Å². The Hall–Kier alpha value is -3.19. The summed E-state index contributed by atoms with van der Waals surface area (Å²) >= 11 is 1.35. The molecule has 4 rings (SSSR count). The third-order valence-corrected chi connectivity index (χ3v) is 5.30. The summed E-state index contributed by atoms with van der Waals surface area (Å²) in [5.74, 6) is 0.237. The van der Waals surface area contributed by atoms with E-state index >= 15 is 0 Å². The fraction of sp³-hybridized carbons (Fsp3) is 0.100. The summed E-state index contributed by atoms with van der Waals surface area (Å²) in [4.78, 5) is 14.1. The van der Waals surface area contributed by atoms with Crippen molar-refractivity contribution < 1.29 is 13.9 Å². The SMILES string of the molecule is COc1ccc(NC(=O)c2cc3c(C)nn(-c4ccc(F)cc4)c3s2)cc1. The lowest BCUT2D eigenvalue weighted by Crippen LogP contribution is -2.10. The molecule has 0 radical (unpaired) electrons. The first-order valence-corrected chi connectivity index (χ1v) is 9.07. The second kappa shape index (κ2) is 6.85. The maximum atomic E-state index is 13.2. The summed E-state index contributed by atoms with van der Waals surface area (Å²) in [5, 5.41) is 8.30. The largest absolute Gasteiger partial charge is 0.497 e. The number of nitrogens with zero attached hydrogens (tertiary/aromatic N) is 2. The molecule has 136 valence electrons. The van der Waals surface area contributed by atoms with Crippen LogP contribution < -0.4 is 10.1 Å². The Bertz CT molecular complexity index is 1110. The summed E-state index contributed by atoms with van der Waals surface area (Å²) in [7, 11) is 1.59. The quantitative estimate of drug-likeness (QED) is 0.553. The van der Waals surface area contributed by atoms with E-state index < -0.39 is 0 Å².